The van der Waals surface area contributed by atoms with Gasteiger partial charge in [-0.1, -0.05) is 23.7 Å². The number of amides is 1. The maximum absolute atomic E-state index is 12.3. The largest absolute Gasteiger partial charge is 0.497 e. The molecule has 1 N–H and O–H groups in total. The number of fused-ring (bicyclic) bond motifs is 1. The van der Waals surface area contributed by atoms with Gasteiger partial charge in [-0.3, -0.25) is 4.79 Å². The van der Waals surface area contributed by atoms with Gasteiger partial charge in [-0.25, -0.2) is 4.98 Å². The minimum atomic E-state index is -0.238. The molecule has 0 aliphatic carbocycles. The minimum absolute atomic E-state index is 0.0948. The number of carbonyl (C=O) groups is 1. The van der Waals surface area contributed by atoms with Crippen LogP contribution in [0.15, 0.2) is 72.8 Å². The van der Waals surface area contributed by atoms with Crippen LogP contribution in [0.3, 0.4) is 0 Å². The number of nitrogens with one attached hydrogen (secondary N) is 1. The Morgan fingerprint density at radius 1 is 0.939 bits per heavy atom. The summed E-state index contributed by atoms with van der Waals surface area (Å²) in [7, 11) is 1.63. The van der Waals surface area contributed by atoms with Gasteiger partial charge in [-0.2, -0.15) is 0 Å². The van der Waals surface area contributed by atoms with E-state index < -0.39 is 0 Å². The summed E-state index contributed by atoms with van der Waals surface area (Å²) in [6, 6.07) is 22.2. The number of para-hydroxylation sites is 2. The van der Waals surface area contributed by atoms with Crippen molar-refractivity contribution in [1.29, 1.82) is 0 Å². The predicted octanol–water partition coefficient (Wildman–Crippen LogP) is 4.47. The lowest BCUT2D eigenvalue weighted by molar-refractivity contribution is -0.123. The smallest absolute Gasteiger partial charge is 0.258 e. The summed E-state index contributed by atoms with van der Waals surface area (Å²) in [6.45, 7) is 1.22. The van der Waals surface area contributed by atoms with Crippen molar-refractivity contribution in [3.8, 4) is 17.2 Å². The number of benzene rings is 3. The van der Waals surface area contributed by atoms with E-state index >= 15 is 0 Å². The van der Waals surface area contributed by atoms with E-state index in [2.05, 4.69) is 14.9 Å². The van der Waals surface area contributed by atoms with Crippen LogP contribution in [0.25, 0.3) is 11.0 Å². The molecular weight excluding hydrogens is 442 g/mol. The predicted molar refractivity (Wildman–Crippen MR) is 127 cm³/mol. The summed E-state index contributed by atoms with van der Waals surface area (Å²) in [4.78, 5) is 17.0. The molecule has 0 fully saturated rings. The van der Waals surface area contributed by atoms with Gasteiger partial charge in [-0.15, -0.1) is 0 Å². The van der Waals surface area contributed by atoms with Gasteiger partial charge < -0.3 is 24.1 Å². The third-order valence-corrected chi connectivity index (χ3v) is 5.26. The number of halogens is 1. The fourth-order valence-corrected chi connectivity index (χ4v) is 3.47. The summed E-state index contributed by atoms with van der Waals surface area (Å²) in [5.74, 6) is 2.63. The lowest BCUT2D eigenvalue weighted by Crippen LogP contribution is -2.29. The van der Waals surface area contributed by atoms with Crippen LogP contribution in [0.2, 0.25) is 5.02 Å². The zero-order valence-corrected chi connectivity index (χ0v) is 18.9. The molecule has 0 bridgehead atoms. The van der Waals surface area contributed by atoms with Crippen LogP contribution >= 0.6 is 11.6 Å². The van der Waals surface area contributed by atoms with Gasteiger partial charge in [0.1, 0.15) is 29.7 Å². The molecule has 1 amide bonds. The molecule has 170 valence electrons. The molecule has 0 saturated carbocycles. The van der Waals surface area contributed by atoms with E-state index in [0.717, 1.165) is 28.4 Å². The Bertz CT molecular complexity index is 1210. The van der Waals surface area contributed by atoms with Crippen molar-refractivity contribution in [2.45, 2.75) is 13.1 Å². The van der Waals surface area contributed by atoms with Crippen molar-refractivity contribution in [3.63, 3.8) is 0 Å². The van der Waals surface area contributed by atoms with Crippen molar-refractivity contribution in [3.05, 3.63) is 83.6 Å². The highest BCUT2D eigenvalue weighted by Crippen LogP contribution is 2.19. The molecule has 33 heavy (non-hydrogen) atoms. The Hall–Kier alpha value is -3.71. The summed E-state index contributed by atoms with van der Waals surface area (Å²) < 4.78 is 18.6. The van der Waals surface area contributed by atoms with Gasteiger partial charge in [-0.05, 0) is 60.7 Å². The zero-order chi connectivity index (χ0) is 23.0. The summed E-state index contributed by atoms with van der Waals surface area (Å²) >= 11 is 5.87. The quantitative estimate of drug-likeness (QED) is 0.374. The third kappa shape index (κ3) is 5.96. The van der Waals surface area contributed by atoms with Gasteiger partial charge in [0.25, 0.3) is 5.91 Å². The van der Waals surface area contributed by atoms with Crippen molar-refractivity contribution < 1.29 is 19.0 Å². The van der Waals surface area contributed by atoms with E-state index in [1.807, 2.05) is 48.5 Å². The van der Waals surface area contributed by atoms with Crippen LogP contribution < -0.4 is 19.5 Å². The maximum atomic E-state index is 12.3. The molecule has 0 saturated heterocycles. The Balaban J connectivity index is 1.36. The van der Waals surface area contributed by atoms with Crippen molar-refractivity contribution in [1.82, 2.24) is 14.9 Å². The molecule has 0 atom stereocenters. The van der Waals surface area contributed by atoms with Gasteiger partial charge in [0.05, 0.1) is 31.2 Å². The van der Waals surface area contributed by atoms with Crippen LogP contribution in [-0.2, 0) is 17.9 Å². The van der Waals surface area contributed by atoms with Gasteiger partial charge in [0, 0.05) is 5.02 Å². The standard InChI is InChI=1S/C25H24ClN3O4/c1-31-19-10-12-20(13-11-19)32-15-14-29-23-5-3-2-4-22(23)28-24(29)16-27-25(30)17-33-21-8-6-18(26)7-9-21/h2-13H,14-17H2,1H3,(H,27,30). The Morgan fingerprint density at radius 2 is 1.61 bits per heavy atom. The van der Waals surface area contributed by atoms with E-state index in [0.29, 0.717) is 23.9 Å². The first-order valence-corrected chi connectivity index (χ1v) is 10.9. The van der Waals surface area contributed by atoms with Crippen molar-refractivity contribution >= 4 is 28.5 Å². The highest BCUT2D eigenvalue weighted by Gasteiger charge is 2.12. The normalized spacial score (nSPS) is 10.7. The van der Waals surface area contributed by atoms with Crippen LogP contribution in [0.4, 0.5) is 0 Å². The fourth-order valence-electron chi connectivity index (χ4n) is 3.34. The Morgan fingerprint density at radius 3 is 2.36 bits per heavy atom. The van der Waals surface area contributed by atoms with Crippen LogP contribution in [0.5, 0.6) is 17.2 Å². The minimum Gasteiger partial charge on any atom is -0.497 e. The summed E-state index contributed by atoms with van der Waals surface area (Å²) in [6.07, 6.45) is 0. The summed E-state index contributed by atoms with van der Waals surface area (Å²) in [5, 5.41) is 3.49. The molecule has 0 spiro atoms. The highest BCUT2D eigenvalue weighted by molar-refractivity contribution is 6.30. The monoisotopic (exact) mass is 465 g/mol. The molecule has 4 aromatic rings. The average Bonchev–Trinajstić information content (AvgIpc) is 3.20. The Labute approximate surface area is 196 Å². The second kappa shape index (κ2) is 10.7. The molecule has 0 aliphatic rings. The number of methoxy groups -OCH3 is 1. The molecule has 1 heterocycles. The van der Waals surface area contributed by atoms with E-state index in [1.165, 1.54) is 0 Å². The summed E-state index contributed by atoms with van der Waals surface area (Å²) in [5.41, 5.74) is 1.85. The number of hydrogen-bond acceptors (Lipinski definition) is 5. The molecule has 8 heteroatoms. The van der Waals surface area contributed by atoms with E-state index in [1.54, 1.807) is 31.4 Å². The number of carbonyl (C=O) groups excluding carboxylic acids is 1. The lowest BCUT2D eigenvalue weighted by atomic mass is 10.3. The second-order valence-electron chi connectivity index (χ2n) is 7.21. The van der Waals surface area contributed by atoms with E-state index in [-0.39, 0.29) is 19.1 Å². The van der Waals surface area contributed by atoms with Crippen LogP contribution in [0.1, 0.15) is 5.82 Å². The van der Waals surface area contributed by atoms with Crippen molar-refractivity contribution in [2.75, 3.05) is 20.3 Å². The van der Waals surface area contributed by atoms with E-state index in [4.69, 9.17) is 25.8 Å². The SMILES string of the molecule is COc1ccc(OCCn2c(CNC(=O)COc3ccc(Cl)cc3)nc3ccccc32)cc1. The molecule has 1 aromatic heterocycles. The molecule has 0 aliphatic heterocycles. The van der Waals surface area contributed by atoms with Crippen LogP contribution in [0, 0.1) is 0 Å². The molecular formula is C25H24ClN3O4. The number of imidazole rings is 1. The third-order valence-electron chi connectivity index (χ3n) is 5.00. The number of rotatable bonds is 10. The first-order valence-electron chi connectivity index (χ1n) is 10.5. The van der Waals surface area contributed by atoms with Crippen molar-refractivity contribution in [2.24, 2.45) is 0 Å². The highest BCUT2D eigenvalue weighted by atomic mass is 35.5. The zero-order valence-electron chi connectivity index (χ0n) is 18.2. The molecule has 0 radical (unpaired) electrons. The fraction of sp³-hybridized carbons (Fsp3) is 0.200. The Kier molecular flexibility index (Phi) is 7.32. The molecule has 4 rings (SSSR count). The maximum Gasteiger partial charge on any atom is 0.258 e. The molecule has 3 aromatic carbocycles. The van der Waals surface area contributed by atoms with Gasteiger partial charge in [0.15, 0.2) is 6.61 Å². The average molecular weight is 466 g/mol. The van der Waals surface area contributed by atoms with Gasteiger partial charge in [0.2, 0.25) is 0 Å². The topological polar surface area (TPSA) is 74.6 Å². The lowest BCUT2D eigenvalue weighted by Gasteiger charge is -2.12. The van der Waals surface area contributed by atoms with Gasteiger partial charge >= 0.3 is 0 Å². The molecule has 0 unspecified atom stereocenters. The first-order chi connectivity index (χ1) is 16.1. The number of hydrogen-bond donors (Lipinski definition) is 1. The number of aromatic nitrogens is 2. The first kappa shape index (κ1) is 22.5. The van der Waals surface area contributed by atoms with Crippen LogP contribution in [-0.4, -0.2) is 35.8 Å². The molecule has 7 nitrogen and oxygen atoms in total. The number of ether oxygens (including phenoxy) is 3. The van der Waals surface area contributed by atoms with E-state index in [9.17, 15) is 4.79 Å². The number of nitrogens with zero attached hydrogens (tertiary/aromatic N) is 2. The second-order valence-corrected chi connectivity index (χ2v) is 7.65.